The largest absolute Gasteiger partial charge is 0.298 e. The van der Waals surface area contributed by atoms with Crippen molar-refractivity contribution in [2.45, 2.75) is 59.0 Å². The Kier molecular flexibility index (Phi) is 4.12. The molecule has 0 aromatic rings. The molecule has 0 saturated carbocycles. The smallest absolute Gasteiger partial charge is 0.152 e. The van der Waals surface area contributed by atoms with Crippen molar-refractivity contribution in [2.75, 3.05) is 26.2 Å². The van der Waals surface area contributed by atoms with E-state index in [1.807, 2.05) is 20.8 Å². The Hall–Kier alpha value is -0.410. The lowest BCUT2D eigenvalue weighted by Gasteiger charge is -2.47. The maximum atomic E-state index is 12.2. The van der Waals surface area contributed by atoms with Gasteiger partial charge in [0, 0.05) is 30.6 Å². The highest BCUT2D eigenvalue weighted by atomic mass is 16.1. The van der Waals surface area contributed by atoms with Crippen molar-refractivity contribution in [3.63, 3.8) is 0 Å². The van der Waals surface area contributed by atoms with Crippen LogP contribution in [0.1, 0.15) is 47.0 Å². The second-order valence-electron chi connectivity index (χ2n) is 7.10. The number of Topliss-reactive ketones (excluding diaryl/α,β-unsaturated/α-hetero) is 1. The quantitative estimate of drug-likeness (QED) is 0.752. The lowest BCUT2D eigenvalue weighted by molar-refractivity contribution is -0.129. The van der Waals surface area contributed by atoms with E-state index < -0.39 is 0 Å². The van der Waals surface area contributed by atoms with Gasteiger partial charge in [-0.05, 0) is 26.3 Å². The monoisotopic (exact) mass is 252 g/mol. The number of hydrogen-bond acceptors (Lipinski definition) is 3. The number of fused-ring (bicyclic) bond motifs is 1. The van der Waals surface area contributed by atoms with E-state index in [-0.39, 0.29) is 5.41 Å². The van der Waals surface area contributed by atoms with Gasteiger partial charge >= 0.3 is 0 Å². The van der Waals surface area contributed by atoms with Gasteiger partial charge in [0.25, 0.3) is 0 Å². The Labute approximate surface area is 112 Å². The summed E-state index contributed by atoms with van der Waals surface area (Å²) in [7, 11) is 0. The van der Waals surface area contributed by atoms with Gasteiger partial charge in [-0.3, -0.25) is 14.6 Å². The van der Waals surface area contributed by atoms with Gasteiger partial charge < -0.3 is 0 Å². The molecule has 0 N–H and O–H groups in total. The van der Waals surface area contributed by atoms with E-state index in [0.29, 0.717) is 24.4 Å². The maximum Gasteiger partial charge on any atom is 0.152 e. The van der Waals surface area contributed by atoms with E-state index in [1.54, 1.807) is 0 Å². The van der Waals surface area contributed by atoms with Crippen LogP contribution in [0.5, 0.6) is 0 Å². The first-order valence-corrected chi connectivity index (χ1v) is 7.39. The zero-order chi connectivity index (χ0) is 13.3. The van der Waals surface area contributed by atoms with E-state index in [0.717, 1.165) is 13.1 Å². The maximum absolute atomic E-state index is 12.2. The molecule has 2 fully saturated rings. The summed E-state index contributed by atoms with van der Waals surface area (Å²) in [5.41, 5.74) is -0.205. The van der Waals surface area contributed by atoms with Crippen LogP contribution in [0.25, 0.3) is 0 Å². The third-order valence-corrected chi connectivity index (χ3v) is 4.50. The molecule has 2 aliphatic heterocycles. The summed E-state index contributed by atoms with van der Waals surface area (Å²) in [6.07, 6.45) is 4.02. The molecular weight excluding hydrogens is 224 g/mol. The van der Waals surface area contributed by atoms with Crippen LogP contribution in [-0.4, -0.2) is 53.8 Å². The lowest BCUT2D eigenvalue weighted by Crippen LogP contribution is -2.59. The first-order valence-electron chi connectivity index (χ1n) is 7.39. The number of hydrogen-bond donors (Lipinski definition) is 0. The average molecular weight is 252 g/mol. The summed E-state index contributed by atoms with van der Waals surface area (Å²) in [5, 5.41) is 0. The van der Waals surface area contributed by atoms with Crippen LogP contribution in [0.3, 0.4) is 0 Å². The van der Waals surface area contributed by atoms with E-state index in [1.165, 1.54) is 25.8 Å². The predicted octanol–water partition coefficient (Wildman–Crippen LogP) is 2.16. The third-order valence-electron chi connectivity index (χ3n) is 4.50. The third kappa shape index (κ3) is 3.12. The fraction of sp³-hybridized carbons (Fsp3) is 0.933. The second kappa shape index (κ2) is 5.30. The average Bonchev–Trinajstić information content (AvgIpc) is 2.28. The minimum atomic E-state index is -0.205. The molecule has 2 unspecified atom stereocenters. The summed E-state index contributed by atoms with van der Waals surface area (Å²) in [5.74, 6) is 0.374. The summed E-state index contributed by atoms with van der Waals surface area (Å²) >= 11 is 0. The topological polar surface area (TPSA) is 23.6 Å². The number of piperazine rings is 1. The molecule has 2 aliphatic rings. The SMILES string of the molecule is CC1CN2CCCCC2CN1CC(=O)C(C)(C)C. The summed E-state index contributed by atoms with van der Waals surface area (Å²) in [4.78, 5) is 17.2. The molecule has 18 heavy (non-hydrogen) atoms. The number of ketones is 1. The Morgan fingerprint density at radius 1 is 1.22 bits per heavy atom. The van der Waals surface area contributed by atoms with Gasteiger partial charge in [-0.15, -0.1) is 0 Å². The molecule has 2 saturated heterocycles. The van der Waals surface area contributed by atoms with Crippen LogP contribution >= 0.6 is 0 Å². The normalized spacial score (nSPS) is 31.1. The molecule has 0 bridgehead atoms. The van der Waals surface area contributed by atoms with E-state index >= 15 is 0 Å². The van der Waals surface area contributed by atoms with Crippen LogP contribution in [-0.2, 0) is 4.79 Å². The highest BCUT2D eigenvalue weighted by molar-refractivity contribution is 5.85. The molecule has 0 amide bonds. The molecule has 0 radical (unpaired) electrons. The highest BCUT2D eigenvalue weighted by Crippen LogP contribution is 2.25. The van der Waals surface area contributed by atoms with E-state index in [2.05, 4.69) is 16.7 Å². The van der Waals surface area contributed by atoms with Crippen LogP contribution in [0.15, 0.2) is 0 Å². The van der Waals surface area contributed by atoms with Crippen molar-refractivity contribution >= 4 is 5.78 Å². The molecule has 3 nitrogen and oxygen atoms in total. The van der Waals surface area contributed by atoms with Gasteiger partial charge in [-0.1, -0.05) is 27.2 Å². The molecule has 0 aromatic heterocycles. The summed E-state index contributed by atoms with van der Waals surface area (Å²) in [6, 6.07) is 1.22. The molecule has 0 aromatic carbocycles. The fourth-order valence-corrected chi connectivity index (χ4v) is 3.05. The summed E-state index contributed by atoms with van der Waals surface area (Å²) < 4.78 is 0. The fourth-order valence-electron chi connectivity index (χ4n) is 3.05. The van der Waals surface area contributed by atoms with Gasteiger partial charge in [0.05, 0.1) is 6.54 Å². The second-order valence-corrected chi connectivity index (χ2v) is 7.10. The Morgan fingerprint density at radius 2 is 1.94 bits per heavy atom. The molecule has 2 rings (SSSR count). The molecule has 2 atom stereocenters. The van der Waals surface area contributed by atoms with Crippen LogP contribution < -0.4 is 0 Å². The molecule has 0 aliphatic carbocycles. The number of carbonyl (C=O) groups is 1. The Morgan fingerprint density at radius 3 is 2.61 bits per heavy atom. The van der Waals surface area contributed by atoms with Crippen LogP contribution in [0.2, 0.25) is 0 Å². The number of piperidine rings is 1. The molecule has 3 heteroatoms. The van der Waals surface area contributed by atoms with Gasteiger partial charge in [0.2, 0.25) is 0 Å². The van der Waals surface area contributed by atoms with Gasteiger partial charge in [0.1, 0.15) is 0 Å². The van der Waals surface area contributed by atoms with Crippen LogP contribution in [0, 0.1) is 5.41 Å². The number of nitrogens with zero attached hydrogens (tertiary/aromatic N) is 2. The minimum Gasteiger partial charge on any atom is -0.298 e. The molecule has 0 spiro atoms. The first-order chi connectivity index (χ1) is 8.38. The molecule has 2 heterocycles. The lowest BCUT2D eigenvalue weighted by atomic mass is 9.89. The summed E-state index contributed by atoms with van der Waals surface area (Å²) in [6.45, 7) is 12.5. The zero-order valence-electron chi connectivity index (χ0n) is 12.4. The zero-order valence-corrected chi connectivity index (χ0v) is 12.4. The van der Waals surface area contributed by atoms with Gasteiger partial charge in [0.15, 0.2) is 5.78 Å². The number of carbonyl (C=O) groups excluding carboxylic acids is 1. The van der Waals surface area contributed by atoms with Crippen LogP contribution in [0.4, 0.5) is 0 Å². The van der Waals surface area contributed by atoms with Crippen molar-refractivity contribution < 1.29 is 4.79 Å². The number of rotatable bonds is 2. The van der Waals surface area contributed by atoms with E-state index in [4.69, 9.17) is 0 Å². The molecule has 104 valence electrons. The highest BCUT2D eigenvalue weighted by Gasteiger charge is 2.35. The van der Waals surface area contributed by atoms with Crippen molar-refractivity contribution in [3.8, 4) is 0 Å². The Balaban J connectivity index is 1.95. The standard InChI is InChI=1S/C15H28N2O/c1-12-9-16-8-6-5-7-13(16)10-17(12)11-14(18)15(2,3)4/h12-13H,5-11H2,1-4H3. The van der Waals surface area contributed by atoms with Gasteiger partial charge in [-0.25, -0.2) is 0 Å². The predicted molar refractivity (Wildman–Crippen MR) is 74.7 cm³/mol. The van der Waals surface area contributed by atoms with Crippen molar-refractivity contribution in [1.29, 1.82) is 0 Å². The van der Waals surface area contributed by atoms with E-state index in [9.17, 15) is 4.79 Å². The van der Waals surface area contributed by atoms with Crippen molar-refractivity contribution in [1.82, 2.24) is 9.80 Å². The van der Waals surface area contributed by atoms with Crippen molar-refractivity contribution in [2.24, 2.45) is 5.41 Å². The minimum absolute atomic E-state index is 0.205. The first kappa shape index (κ1) is 14.0. The molecular formula is C15H28N2O. The van der Waals surface area contributed by atoms with Gasteiger partial charge in [-0.2, -0.15) is 0 Å². The van der Waals surface area contributed by atoms with Crippen molar-refractivity contribution in [3.05, 3.63) is 0 Å². The Bertz CT molecular complexity index is 308.